The van der Waals surface area contributed by atoms with Crippen molar-refractivity contribution >= 4 is 24.0 Å². The number of likely N-dealkylation sites (tertiary alicyclic amines) is 1. The number of cyclic esters (lactones) is 1. The van der Waals surface area contributed by atoms with Crippen molar-refractivity contribution in [2.75, 3.05) is 29.9 Å². The summed E-state index contributed by atoms with van der Waals surface area (Å²) in [5.74, 6) is 1.38. The van der Waals surface area contributed by atoms with Crippen LogP contribution in [0, 0.1) is 5.92 Å². The van der Waals surface area contributed by atoms with Gasteiger partial charge in [-0.05, 0) is 44.2 Å². The van der Waals surface area contributed by atoms with E-state index in [0.717, 1.165) is 18.4 Å². The van der Waals surface area contributed by atoms with Gasteiger partial charge in [0, 0.05) is 25.3 Å². The van der Waals surface area contributed by atoms with Crippen molar-refractivity contribution in [1.29, 1.82) is 0 Å². The Bertz CT molecular complexity index is 933. The van der Waals surface area contributed by atoms with Crippen LogP contribution in [0.3, 0.4) is 0 Å². The zero-order chi connectivity index (χ0) is 22.5. The van der Waals surface area contributed by atoms with Crippen LogP contribution in [0.25, 0.3) is 0 Å². The zero-order valence-electron chi connectivity index (χ0n) is 18.4. The van der Waals surface area contributed by atoms with Gasteiger partial charge in [-0.25, -0.2) is 14.6 Å². The number of hydrogen-bond donors (Lipinski definition) is 1. The lowest BCUT2D eigenvalue weighted by molar-refractivity contribution is 0.0809. The predicted octanol–water partition coefficient (Wildman–Crippen LogP) is 3.67. The fraction of sp³-hybridized carbons (Fsp3) is 0.478. The smallest absolute Gasteiger partial charge is 0.415 e. The van der Waals surface area contributed by atoms with E-state index >= 15 is 0 Å². The first-order chi connectivity index (χ1) is 15.5. The molecule has 0 unspecified atom stereocenters. The molecule has 0 radical (unpaired) electrons. The maximum Gasteiger partial charge on any atom is 0.415 e. The normalized spacial score (nSPS) is 20.1. The van der Waals surface area contributed by atoms with Gasteiger partial charge >= 0.3 is 12.2 Å². The lowest BCUT2D eigenvalue weighted by Crippen LogP contribution is -2.42. The first-order valence-corrected chi connectivity index (χ1v) is 11.0. The molecular weight excluding hydrogens is 410 g/mol. The fourth-order valence-electron chi connectivity index (χ4n) is 4.10. The molecule has 2 atom stereocenters. The second kappa shape index (κ2) is 9.84. The van der Waals surface area contributed by atoms with Crippen LogP contribution in [0.2, 0.25) is 0 Å². The summed E-state index contributed by atoms with van der Waals surface area (Å²) in [5, 5.41) is 3.36. The van der Waals surface area contributed by atoms with Gasteiger partial charge in [-0.3, -0.25) is 4.90 Å². The molecule has 0 spiro atoms. The molecule has 3 heterocycles. The minimum atomic E-state index is -0.387. The van der Waals surface area contributed by atoms with Gasteiger partial charge in [0.25, 0.3) is 0 Å². The molecule has 0 aliphatic carbocycles. The van der Waals surface area contributed by atoms with Crippen LogP contribution < -0.4 is 10.2 Å². The number of hydrogen-bond acceptors (Lipinski definition) is 7. The van der Waals surface area contributed by atoms with E-state index in [1.165, 1.54) is 4.90 Å². The van der Waals surface area contributed by atoms with Crippen LogP contribution in [0.4, 0.5) is 21.4 Å². The average Bonchev–Trinajstić information content (AvgIpc) is 3.16. The van der Waals surface area contributed by atoms with Crippen molar-refractivity contribution < 1.29 is 19.1 Å². The molecule has 4 rings (SSSR count). The van der Waals surface area contributed by atoms with E-state index in [4.69, 9.17) is 9.47 Å². The summed E-state index contributed by atoms with van der Waals surface area (Å²) in [6.45, 7) is 5.96. The van der Waals surface area contributed by atoms with E-state index < -0.39 is 0 Å². The highest BCUT2D eigenvalue weighted by molar-refractivity contribution is 5.89. The van der Waals surface area contributed by atoms with Crippen molar-refractivity contribution in [3.63, 3.8) is 0 Å². The number of nitrogens with one attached hydrogen (secondary N) is 1. The molecular formula is C23H29N5O4. The van der Waals surface area contributed by atoms with E-state index in [2.05, 4.69) is 22.2 Å². The number of carbonyl (C=O) groups is 2. The predicted molar refractivity (Wildman–Crippen MR) is 119 cm³/mol. The molecule has 2 aromatic rings. The van der Waals surface area contributed by atoms with Crippen molar-refractivity contribution in [3.8, 4) is 0 Å². The highest BCUT2D eigenvalue weighted by Gasteiger charge is 2.32. The number of carbonyl (C=O) groups excluding carboxylic acids is 2. The Labute approximate surface area is 187 Å². The van der Waals surface area contributed by atoms with Gasteiger partial charge in [0.1, 0.15) is 19.0 Å². The molecule has 0 bridgehead atoms. The molecule has 2 aliphatic rings. The molecule has 2 saturated heterocycles. The SMILES string of the molecule is C[C@H](Nc1nccc(N2C(=O)OC[C@@H]2C)n1)C1CCN(C(=O)OCc2ccccc2)CC1. The van der Waals surface area contributed by atoms with Crippen LogP contribution in [-0.2, 0) is 16.1 Å². The topological polar surface area (TPSA) is 96.9 Å². The molecule has 170 valence electrons. The average molecular weight is 440 g/mol. The Balaban J connectivity index is 1.27. The lowest BCUT2D eigenvalue weighted by atomic mass is 9.90. The monoisotopic (exact) mass is 439 g/mol. The standard InChI is InChI=1S/C23H29N5O4/c1-16-14-31-23(30)28(16)20-8-11-24-21(26-20)25-17(2)19-9-12-27(13-10-19)22(29)32-15-18-6-4-3-5-7-18/h3-8,11,16-17,19H,9-10,12-15H2,1-2H3,(H,24,25,26)/t16-,17-/m0/s1. The van der Waals surface area contributed by atoms with Gasteiger partial charge in [-0.2, -0.15) is 4.98 Å². The number of aromatic nitrogens is 2. The highest BCUT2D eigenvalue weighted by atomic mass is 16.6. The van der Waals surface area contributed by atoms with Crippen LogP contribution in [0.15, 0.2) is 42.6 Å². The first-order valence-electron chi connectivity index (χ1n) is 11.0. The van der Waals surface area contributed by atoms with Crippen LogP contribution in [0.1, 0.15) is 32.3 Å². The molecule has 2 fully saturated rings. The minimum Gasteiger partial charge on any atom is -0.447 e. The number of ether oxygens (including phenoxy) is 2. The Morgan fingerprint density at radius 2 is 2.00 bits per heavy atom. The van der Waals surface area contributed by atoms with Gasteiger partial charge in [0.2, 0.25) is 5.95 Å². The third kappa shape index (κ3) is 5.09. The van der Waals surface area contributed by atoms with Gasteiger partial charge in [-0.15, -0.1) is 0 Å². The Hall–Kier alpha value is -3.36. The van der Waals surface area contributed by atoms with E-state index in [9.17, 15) is 9.59 Å². The number of piperidine rings is 1. The van der Waals surface area contributed by atoms with E-state index in [0.29, 0.717) is 37.4 Å². The van der Waals surface area contributed by atoms with Gasteiger partial charge in [0.05, 0.1) is 6.04 Å². The third-order valence-electron chi connectivity index (χ3n) is 6.04. The van der Waals surface area contributed by atoms with Gasteiger partial charge in [-0.1, -0.05) is 30.3 Å². The van der Waals surface area contributed by atoms with Crippen molar-refractivity contribution in [2.45, 2.75) is 45.4 Å². The number of rotatable bonds is 6. The van der Waals surface area contributed by atoms with E-state index in [1.54, 1.807) is 17.2 Å². The molecule has 1 aromatic carbocycles. The molecule has 9 heteroatoms. The minimum absolute atomic E-state index is 0.0614. The summed E-state index contributed by atoms with van der Waals surface area (Å²) in [7, 11) is 0. The molecule has 2 amide bonds. The number of nitrogens with zero attached hydrogens (tertiary/aromatic N) is 4. The summed E-state index contributed by atoms with van der Waals surface area (Å²) in [6, 6.07) is 11.4. The van der Waals surface area contributed by atoms with Crippen molar-refractivity contribution in [3.05, 3.63) is 48.2 Å². The molecule has 2 aliphatic heterocycles. The molecule has 32 heavy (non-hydrogen) atoms. The molecule has 1 N–H and O–H groups in total. The van der Waals surface area contributed by atoms with Crippen LogP contribution in [-0.4, -0.2) is 58.8 Å². The Kier molecular flexibility index (Phi) is 6.72. The molecule has 0 saturated carbocycles. The summed E-state index contributed by atoms with van der Waals surface area (Å²) < 4.78 is 10.5. The van der Waals surface area contributed by atoms with Crippen LogP contribution in [0.5, 0.6) is 0 Å². The van der Waals surface area contributed by atoms with Crippen LogP contribution >= 0.6 is 0 Å². The van der Waals surface area contributed by atoms with Crippen molar-refractivity contribution in [1.82, 2.24) is 14.9 Å². The van der Waals surface area contributed by atoms with Crippen molar-refractivity contribution in [2.24, 2.45) is 5.92 Å². The quantitative estimate of drug-likeness (QED) is 0.733. The Morgan fingerprint density at radius 1 is 1.25 bits per heavy atom. The number of anilines is 2. The second-order valence-corrected chi connectivity index (χ2v) is 8.33. The summed E-state index contributed by atoms with van der Waals surface area (Å²) in [5.41, 5.74) is 0.979. The summed E-state index contributed by atoms with van der Waals surface area (Å²) >= 11 is 0. The highest BCUT2D eigenvalue weighted by Crippen LogP contribution is 2.25. The zero-order valence-corrected chi connectivity index (χ0v) is 18.4. The largest absolute Gasteiger partial charge is 0.447 e. The lowest BCUT2D eigenvalue weighted by Gasteiger charge is -2.34. The summed E-state index contributed by atoms with van der Waals surface area (Å²) in [6.07, 6.45) is 2.71. The maximum absolute atomic E-state index is 12.4. The number of benzene rings is 1. The summed E-state index contributed by atoms with van der Waals surface area (Å²) in [4.78, 5) is 36.5. The third-order valence-corrected chi connectivity index (χ3v) is 6.04. The molecule has 1 aromatic heterocycles. The fourth-order valence-corrected chi connectivity index (χ4v) is 4.10. The number of amides is 2. The maximum atomic E-state index is 12.4. The van der Waals surface area contributed by atoms with E-state index in [-0.39, 0.29) is 30.9 Å². The van der Waals surface area contributed by atoms with E-state index in [1.807, 2.05) is 37.3 Å². The van der Waals surface area contributed by atoms with Gasteiger partial charge in [0.15, 0.2) is 0 Å². The second-order valence-electron chi connectivity index (χ2n) is 8.33. The Morgan fingerprint density at radius 3 is 2.69 bits per heavy atom. The first kappa shape index (κ1) is 21.9. The van der Waals surface area contributed by atoms with Gasteiger partial charge < -0.3 is 19.7 Å². The molecule has 9 nitrogen and oxygen atoms in total.